The molecule has 2 rings (SSSR count). The third-order valence-electron chi connectivity index (χ3n) is 5.15. The Labute approximate surface area is 130 Å². The Balaban J connectivity index is 2.08. The van der Waals surface area contributed by atoms with E-state index in [0.717, 1.165) is 19.6 Å². The van der Waals surface area contributed by atoms with Gasteiger partial charge in [0.15, 0.2) is 0 Å². The Morgan fingerprint density at radius 1 is 1.29 bits per heavy atom. The molecule has 0 spiro atoms. The first-order valence-corrected chi connectivity index (χ1v) is 8.29. The summed E-state index contributed by atoms with van der Waals surface area (Å²) in [4.78, 5) is 5.05. The number of aryl methyl sites for hydroxylation is 1. The Morgan fingerprint density at radius 3 is 2.76 bits per heavy atom. The fourth-order valence-corrected chi connectivity index (χ4v) is 3.54. The fourth-order valence-electron chi connectivity index (χ4n) is 3.54. The minimum Gasteiger partial charge on any atom is -0.329 e. The number of nitrogens with zero attached hydrogens (tertiary/aromatic N) is 2. The summed E-state index contributed by atoms with van der Waals surface area (Å²) in [6.45, 7) is 9.71. The number of hydrogen-bond donors (Lipinski definition) is 1. The van der Waals surface area contributed by atoms with Gasteiger partial charge in [-0.2, -0.15) is 0 Å². The highest BCUT2D eigenvalue weighted by atomic mass is 15.2. The predicted octanol–water partition coefficient (Wildman–Crippen LogP) is 2.63. The van der Waals surface area contributed by atoms with Crippen LogP contribution in [-0.4, -0.2) is 48.6 Å². The van der Waals surface area contributed by atoms with Crippen LogP contribution in [0.2, 0.25) is 0 Å². The monoisotopic (exact) mass is 289 g/mol. The van der Waals surface area contributed by atoms with E-state index in [4.69, 9.17) is 5.73 Å². The van der Waals surface area contributed by atoms with Crippen LogP contribution in [0.25, 0.3) is 0 Å². The van der Waals surface area contributed by atoms with Crippen molar-refractivity contribution in [3.8, 4) is 0 Å². The van der Waals surface area contributed by atoms with Crippen LogP contribution >= 0.6 is 0 Å². The summed E-state index contributed by atoms with van der Waals surface area (Å²) >= 11 is 0. The van der Waals surface area contributed by atoms with Crippen molar-refractivity contribution < 1.29 is 0 Å². The number of hydrogen-bond acceptors (Lipinski definition) is 3. The molecule has 3 heteroatoms. The summed E-state index contributed by atoms with van der Waals surface area (Å²) < 4.78 is 0. The van der Waals surface area contributed by atoms with Gasteiger partial charge in [0.25, 0.3) is 0 Å². The first kappa shape index (κ1) is 16.5. The summed E-state index contributed by atoms with van der Waals surface area (Å²) in [5.74, 6) is 0. The first-order chi connectivity index (χ1) is 10.1. The van der Waals surface area contributed by atoms with Crippen LogP contribution in [0.15, 0.2) is 24.3 Å². The van der Waals surface area contributed by atoms with E-state index in [1.807, 2.05) is 0 Å². The van der Waals surface area contributed by atoms with Crippen molar-refractivity contribution in [3.05, 3.63) is 35.4 Å². The highest BCUT2D eigenvalue weighted by Gasteiger charge is 2.34. The van der Waals surface area contributed by atoms with Gasteiger partial charge in [-0.3, -0.25) is 4.90 Å². The molecule has 0 amide bonds. The lowest BCUT2D eigenvalue weighted by Crippen LogP contribution is -2.52. The predicted molar refractivity (Wildman–Crippen MR) is 90.4 cm³/mol. The lowest BCUT2D eigenvalue weighted by atomic mass is 9.88. The van der Waals surface area contributed by atoms with E-state index >= 15 is 0 Å². The van der Waals surface area contributed by atoms with Crippen molar-refractivity contribution >= 4 is 0 Å². The average molecular weight is 289 g/mol. The molecule has 21 heavy (non-hydrogen) atoms. The van der Waals surface area contributed by atoms with E-state index in [2.05, 4.69) is 55.0 Å². The van der Waals surface area contributed by atoms with Crippen molar-refractivity contribution in [2.75, 3.05) is 33.2 Å². The maximum absolute atomic E-state index is 6.22. The van der Waals surface area contributed by atoms with Gasteiger partial charge in [-0.1, -0.05) is 36.8 Å². The van der Waals surface area contributed by atoms with E-state index in [0.29, 0.717) is 0 Å². The maximum Gasteiger partial charge on any atom is 0.0344 e. The van der Waals surface area contributed by atoms with E-state index in [9.17, 15) is 0 Å². The van der Waals surface area contributed by atoms with Gasteiger partial charge >= 0.3 is 0 Å². The van der Waals surface area contributed by atoms with Gasteiger partial charge in [0, 0.05) is 18.6 Å². The molecule has 1 unspecified atom stereocenters. The molecule has 3 nitrogen and oxygen atoms in total. The third kappa shape index (κ3) is 4.06. The minimum atomic E-state index is 0.160. The highest BCUT2D eigenvalue weighted by Crippen LogP contribution is 2.28. The quantitative estimate of drug-likeness (QED) is 0.904. The van der Waals surface area contributed by atoms with Crippen molar-refractivity contribution in [2.45, 2.75) is 45.2 Å². The number of likely N-dealkylation sites (N-methyl/N-ethyl adjacent to an activating group) is 1. The molecule has 2 N–H and O–H groups in total. The zero-order valence-electron chi connectivity index (χ0n) is 13.9. The van der Waals surface area contributed by atoms with Gasteiger partial charge in [-0.25, -0.2) is 0 Å². The highest BCUT2D eigenvalue weighted by molar-refractivity contribution is 5.22. The molecule has 0 aliphatic carbocycles. The second-order valence-electron chi connectivity index (χ2n) is 6.56. The number of nitrogens with two attached hydrogens (primary N) is 1. The molecule has 1 aromatic rings. The van der Waals surface area contributed by atoms with E-state index < -0.39 is 0 Å². The molecule has 0 saturated carbocycles. The Kier molecular flexibility index (Phi) is 5.80. The largest absolute Gasteiger partial charge is 0.329 e. The second kappa shape index (κ2) is 7.39. The van der Waals surface area contributed by atoms with Gasteiger partial charge < -0.3 is 10.6 Å². The van der Waals surface area contributed by atoms with Crippen LogP contribution in [0.4, 0.5) is 0 Å². The summed E-state index contributed by atoms with van der Waals surface area (Å²) in [6, 6.07) is 8.82. The summed E-state index contributed by atoms with van der Waals surface area (Å²) in [5, 5.41) is 0. The van der Waals surface area contributed by atoms with Crippen LogP contribution in [0.3, 0.4) is 0 Å². The number of benzene rings is 1. The van der Waals surface area contributed by atoms with E-state index in [-0.39, 0.29) is 5.54 Å². The van der Waals surface area contributed by atoms with Crippen LogP contribution < -0.4 is 5.73 Å². The van der Waals surface area contributed by atoms with Gasteiger partial charge in [-0.05, 0) is 58.4 Å². The molecule has 1 aliphatic heterocycles. The average Bonchev–Trinajstić information content (AvgIpc) is 2.70. The summed E-state index contributed by atoms with van der Waals surface area (Å²) in [6.07, 6.45) is 3.64. The molecule has 118 valence electrons. The lowest BCUT2D eigenvalue weighted by molar-refractivity contribution is 0.0994. The lowest BCUT2D eigenvalue weighted by Gasteiger charge is -2.41. The molecular weight excluding hydrogens is 258 g/mol. The fraction of sp³-hybridized carbons (Fsp3) is 0.667. The Hall–Kier alpha value is -0.900. The van der Waals surface area contributed by atoms with Gasteiger partial charge in [0.05, 0.1) is 0 Å². The molecule has 1 aliphatic rings. The van der Waals surface area contributed by atoms with Crippen LogP contribution in [-0.2, 0) is 6.54 Å². The molecule has 0 aromatic heterocycles. The molecular formula is C18H31N3. The van der Waals surface area contributed by atoms with E-state index in [1.54, 1.807) is 0 Å². The molecule has 0 radical (unpaired) electrons. The Bertz CT molecular complexity index is 446. The van der Waals surface area contributed by atoms with Crippen molar-refractivity contribution in [3.63, 3.8) is 0 Å². The zero-order chi connectivity index (χ0) is 15.3. The third-order valence-corrected chi connectivity index (χ3v) is 5.15. The summed E-state index contributed by atoms with van der Waals surface area (Å²) in [7, 11) is 2.25. The number of likely N-dealkylation sites (tertiary alicyclic amines) is 1. The second-order valence-corrected chi connectivity index (χ2v) is 6.56. The molecule has 1 fully saturated rings. The topological polar surface area (TPSA) is 32.5 Å². The van der Waals surface area contributed by atoms with Crippen molar-refractivity contribution in [1.82, 2.24) is 9.80 Å². The SMILES string of the molecule is CCN1CCCC(CN)(N(C)Cc2cccc(C)c2)CC1. The van der Waals surface area contributed by atoms with Crippen molar-refractivity contribution in [2.24, 2.45) is 5.73 Å². The Morgan fingerprint density at radius 2 is 2.10 bits per heavy atom. The van der Waals surface area contributed by atoms with Gasteiger partial charge in [-0.15, -0.1) is 0 Å². The van der Waals surface area contributed by atoms with Crippen molar-refractivity contribution in [1.29, 1.82) is 0 Å². The molecule has 0 bridgehead atoms. The zero-order valence-corrected chi connectivity index (χ0v) is 13.9. The smallest absolute Gasteiger partial charge is 0.0344 e. The molecule has 1 aromatic carbocycles. The van der Waals surface area contributed by atoms with Crippen LogP contribution in [0.1, 0.15) is 37.3 Å². The van der Waals surface area contributed by atoms with Gasteiger partial charge in [0.1, 0.15) is 0 Å². The molecule has 1 heterocycles. The molecule has 1 saturated heterocycles. The maximum atomic E-state index is 6.22. The standard InChI is InChI=1S/C18H31N3/c1-4-21-11-6-9-18(15-19,10-12-21)20(3)14-17-8-5-7-16(2)13-17/h5,7-8,13H,4,6,9-12,14-15,19H2,1-3H3. The molecule has 1 atom stereocenters. The number of rotatable bonds is 5. The summed E-state index contributed by atoms with van der Waals surface area (Å²) in [5.41, 5.74) is 9.10. The van der Waals surface area contributed by atoms with E-state index in [1.165, 1.54) is 43.5 Å². The minimum absolute atomic E-state index is 0.160. The first-order valence-electron chi connectivity index (χ1n) is 8.29. The normalized spacial score (nSPS) is 24.2. The van der Waals surface area contributed by atoms with Gasteiger partial charge in [0.2, 0.25) is 0 Å². The van der Waals surface area contributed by atoms with Crippen LogP contribution in [0.5, 0.6) is 0 Å². The van der Waals surface area contributed by atoms with Crippen LogP contribution in [0, 0.1) is 6.92 Å².